The predicted octanol–water partition coefficient (Wildman–Crippen LogP) is 3.89. The van der Waals surface area contributed by atoms with Crippen LogP contribution in [0.5, 0.6) is 0 Å². The van der Waals surface area contributed by atoms with Crippen molar-refractivity contribution in [2.45, 2.75) is 40.7 Å². The van der Waals surface area contributed by atoms with Gasteiger partial charge in [-0.3, -0.25) is 0 Å². The van der Waals surface area contributed by atoms with Crippen molar-refractivity contribution in [3.05, 3.63) is 29.8 Å². The van der Waals surface area contributed by atoms with E-state index >= 15 is 0 Å². The molecule has 0 bridgehead atoms. The van der Waals surface area contributed by atoms with Gasteiger partial charge in [-0.1, -0.05) is 39.8 Å². The average Bonchev–Trinajstić information content (AvgIpc) is 2.37. The molecule has 1 rings (SSSR count). The van der Waals surface area contributed by atoms with Crippen LogP contribution < -0.4 is 5.32 Å². The summed E-state index contributed by atoms with van der Waals surface area (Å²) in [6.07, 6.45) is -0.492. The fourth-order valence-corrected chi connectivity index (χ4v) is 2.17. The van der Waals surface area contributed by atoms with Gasteiger partial charge in [0.05, 0.1) is 6.10 Å². The fraction of sp³-hybridized carbons (Fsp3) is 0.588. The third-order valence-electron chi connectivity index (χ3n) is 3.10. The first-order chi connectivity index (χ1) is 9.79. The first-order valence-electron chi connectivity index (χ1n) is 7.63. The molecule has 0 fully saturated rings. The highest BCUT2D eigenvalue weighted by molar-refractivity contribution is 5.89. The van der Waals surface area contributed by atoms with Gasteiger partial charge in [-0.05, 0) is 36.5 Å². The zero-order chi connectivity index (χ0) is 16.0. The van der Waals surface area contributed by atoms with Gasteiger partial charge < -0.3 is 15.3 Å². The van der Waals surface area contributed by atoms with Gasteiger partial charge in [0.2, 0.25) is 0 Å². The molecular weight excluding hydrogens is 264 g/mol. The summed E-state index contributed by atoms with van der Waals surface area (Å²) in [6, 6.07) is 7.23. The third-order valence-corrected chi connectivity index (χ3v) is 3.10. The van der Waals surface area contributed by atoms with Crippen LogP contribution >= 0.6 is 0 Å². The summed E-state index contributed by atoms with van der Waals surface area (Å²) < 4.78 is 0. The summed E-state index contributed by atoms with van der Waals surface area (Å²) in [4.78, 5) is 14.2. The number of anilines is 1. The SMILES string of the molecule is CC(C)CN(CC(C)C)C(=O)Nc1ccc(C(C)O)cc1. The molecule has 1 aromatic rings. The molecule has 2 N–H and O–H groups in total. The lowest BCUT2D eigenvalue weighted by Gasteiger charge is -2.26. The molecule has 2 amide bonds. The Morgan fingerprint density at radius 3 is 1.90 bits per heavy atom. The number of carbonyl (C=O) groups excluding carboxylic acids is 1. The van der Waals surface area contributed by atoms with Crippen molar-refractivity contribution < 1.29 is 9.90 Å². The van der Waals surface area contributed by atoms with Crippen LogP contribution in [0.25, 0.3) is 0 Å². The zero-order valence-electron chi connectivity index (χ0n) is 13.8. The van der Waals surface area contributed by atoms with E-state index < -0.39 is 6.10 Å². The van der Waals surface area contributed by atoms with Crippen LogP contribution in [0.15, 0.2) is 24.3 Å². The molecule has 4 heteroatoms. The zero-order valence-corrected chi connectivity index (χ0v) is 13.8. The molecule has 1 aromatic carbocycles. The molecule has 1 unspecified atom stereocenters. The molecule has 0 radical (unpaired) electrons. The minimum Gasteiger partial charge on any atom is -0.389 e. The Hall–Kier alpha value is -1.55. The summed E-state index contributed by atoms with van der Waals surface area (Å²) in [7, 11) is 0. The summed E-state index contributed by atoms with van der Waals surface area (Å²) in [5.41, 5.74) is 1.59. The fourth-order valence-electron chi connectivity index (χ4n) is 2.17. The molecule has 0 aliphatic carbocycles. The van der Waals surface area contributed by atoms with Crippen molar-refractivity contribution in [3.63, 3.8) is 0 Å². The van der Waals surface area contributed by atoms with Gasteiger partial charge in [-0.15, -0.1) is 0 Å². The normalized spacial score (nSPS) is 12.6. The number of nitrogens with zero attached hydrogens (tertiary/aromatic N) is 1. The highest BCUT2D eigenvalue weighted by Crippen LogP contribution is 2.16. The molecular formula is C17H28N2O2. The van der Waals surface area contributed by atoms with E-state index in [1.165, 1.54) is 0 Å². The van der Waals surface area contributed by atoms with Gasteiger partial charge in [0, 0.05) is 18.8 Å². The van der Waals surface area contributed by atoms with Crippen LogP contribution in [0.1, 0.15) is 46.3 Å². The van der Waals surface area contributed by atoms with Gasteiger partial charge in [0.1, 0.15) is 0 Å². The van der Waals surface area contributed by atoms with Crippen LogP contribution in [0.2, 0.25) is 0 Å². The Morgan fingerprint density at radius 1 is 1.05 bits per heavy atom. The van der Waals surface area contributed by atoms with E-state index in [1.807, 2.05) is 29.2 Å². The number of urea groups is 1. The van der Waals surface area contributed by atoms with Crippen LogP contribution in [-0.4, -0.2) is 29.1 Å². The Kier molecular flexibility index (Phi) is 6.69. The second kappa shape index (κ2) is 8.03. The number of hydrogen-bond donors (Lipinski definition) is 2. The van der Waals surface area contributed by atoms with E-state index in [-0.39, 0.29) is 6.03 Å². The summed E-state index contributed by atoms with van der Waals surface area (Å²) in [6.45, 7) is 11.7. The summed E-state index contributed by atoms with van der Waals surface area (Å²) >= 11 is 0. The molecule has 0 aromatic heterocycles. The number of nitrogens with one attached hydrogen (secondary N) is 1. The summed E-state index contributed by atoms with van der Waals surface area (Å²) in [5.74, 6) is 0.874. The maximum Gasteiger partial charge on any atom is 0.321 e. The summed E-state index contributed by atoms with van der Waals surface area (Å²) in [5, 5.41) is 12.4. The smallest absolute Gasteiger partial charge is 0.321 e. The van der Waals surface area contributed by atoms with Gasteiger partial charge in [0.15, 0.2) is 0 Å². The van der Waals surface area contributed by atoms with E-state index in [2.05, 4.69) is 33.0 Å². The van der Waals surface area contributed by atoms with E-state index in [1.54, 1.807) is 6.92 Å². The lowest BCUT2D eigenvalue weighted by Crippen LogP contribution is -2.39. The Morgan fingerprint density at radius 2 is 1.52 bits per heavy atom. The number of amides is 2. The molecule has 21 heavy (non-hydrogen) atoms. The van der Waals surface area contributed by atoms with Crippen molar-refractivity contribution in [1.29, 1.82) is 0 Å². The predicted molar refractivity (Wildman–Crippen MR) is 87.3 cm³/mol. The Balaban J connectivity index is 2.71. The lowest BCUT2D eigenvalue weighted by atomic mass is 10.1. The van der Waals surface area contributed by atoms with Crippen LogP contribution in [0.4, 0.5) is 10.5 Å². The van der Waals surface area contributed by atoms with E-state index in [0.29, 0.717) is 11.8 Å². The van der Waals surface area contributed by atoms with Crippen molar-refractivity contribution in [1.82, 2.24) is 4.90 Å². The minimum absolute atomic E-state index is 0.0674. The molecule has 0 saturated carbocycles. The first kappa shape index (κ1) is 17.5. The van der Waals surface area contributed by atoms with Crippen molar-refractivity contribution in [3.8, 4) is 0 Å². The van der Waals surface area contributed by atoms with Crippen molar-refractivity contribution in [2.75, 3.05) is 18.4 Å². The van der Waals surface area contributed by atoms with Crippen LogP contribution in [0.3, 0.4) is 0 Å². The second-order valence-electron chi connectivity index (χ2n) is 6.42. The first-order valence-corrected chi connectivity index (χ1v) is 7.63. The number of hydrogen-bond acceptors (Lipinski definition) is 2. The number of benzene rings is 1. The van der Waals surface area contributed by atoms with Gasteiger partial charge in [-0.25, -0.2) is 4.79 Å². The largest absolute Gasteiger partial charge is 0.389 e. The van der Waals surface area contributed by atoms with Crippen molar-refractivity contribution in [2.24, 2.45) is 11.8 Å². The van der Waals surface area contributed by atoms with E-state index in [9.17, 15) is 9.90 Å². The Bertz CT molecular complexity index is 429. The van der Waals surface area contributed by atoms with Gasteiger partial charge >= 0.3 is 6.03 Å². The lowest BCUT2D eigenvalue weighted by molar-refractivity contribution is 0.196. The number of aliphatic hydroxyl groups is 1. The molecule has 0 aliphatic rings. The molecule has 0 aliphatic heterocycles. The third kappa shape index (κ3) is 6.17. The number of aliphatic hydroxyl groups excluding tert-OH is 1. The average molecular weight is 292 g/mol. The molecule has 0 saturated heterocycles. The minimum atomic E-state index is -0.492. The van der Waals surface area contributed by atoms with Crippen LogP contribution in [0, 0.1) is 11.8 Å². The second-order valence-corrected chi connectivity index (χ2v) is 6.42. The molecule has 4 nitrogen and oxygen atoms in total. The van der Waals surface area contributed by atoms with E-state index in [0.717, 1.165) is 24.3 Å². The quantitative estimate of drug-likeness (QED) is 0.836. The van der Waals surface area contributed by atoms with Gasteiger partial charge in [-0.2, -0.15) is 0 Å². The maximum atomic E-state index is 12.4. The standard InChI is InChI=1S/C17H28N2O2/c1-12(2)10-19(11-13(3)4)17(21)18-16-8-6-15(7-9-16)14(5)20/h6-9,12-14,20H,10-11H2,1-5H3,(H,18,21). The maximum absolute atomic E-state index is 12.4. The highest BCUT2D eigenvalue weighted by Gasteiger charge is 2.16. The van der Waals surface area contributed by atoms with Crippen LogP contribution in [-0.2, 0) is 0 Å². The molecule has 0 spiro atoms. The molecule has 0 heterocycles. The topological polar surface area (TPSA) is 52.6 Å². The number of carbonyl (C=O) groups is 1. The van der Waals surface area contributed by atoms with E-state index in [4.69, 9.17) is 0 Å². The van der Waals surface area contributed by atoms with Gasteiger partial charge in [0.25, 0.3) is 0 Å². The molecule has 118 valence electrons. The highest BCUT2D eigenvalue weighted by atomic mass is 16.3. The number of rotatable bonds is 6. The monoisotopic (exact) mass is 292 g/mol. The Labute approximate surface area is 128 Å². The van der Waals surface area contributed by atoms with Crippen molar-refractivity contribution >= 4 is 11.7 Å². The molecule has 1 atom stereocenters.